The van der Waals surface area contributed by atoms with Gasteiger partial charge in [0.05, 0.1) is 3.57 Å². The normalized spacial score (nSPS) is 10.1. The summed E-state index contributed by atoms with van der Waals surface area (Å²) in [5.74, 6) is 0.382. The molecule has 0 amide bonds. The number of aromatic hydroxyl groups is 1. The third-order valence-electron chi connectivity index (χ3n) is 1.52. The van der Waals surface area contributed by atoms with E-state index in [4.69, 9.17) is 0 Å². The second-order valence-corrected chi connectivity index (χ2v) is 4.38. The lowest BCUT2D eigenvalue weighted by Gasteiger charge is -2.04. The van der Waals surface area contributed by atoms with E-state index in [1.807, 2.05) is 6.07 Å². The molecule has 0 aromatic heterocycles. The van der Waals surface area contributed by atoms with Gasteiger partial charge in [-0.25, -0.2) is 0 Å². The van der Waals surface area contributed by atoms with Crippen molar-refractivity contribution in [2.45, 2.75) is 13.3 Å². The molecule has 0 radical (unpaired) electrons. The Hall–Kier alpha value is 0.480. The first-order valence-corrected chi connectivity index (χ1v) is 5.48. The molecule has 0 unspecified atom stereocenters. The molecule has 1 aromatic carbocycles. The summed E-state index contributed by atoms with van der Waals surface area (Å²) in [5, 5.41) is 9.31. The van der Waals surface area contributed by atoms with Gasteiger partial charge in [0, 0.05) is 3.57 Å². The zero-order chi connectivity index (χ0) is 8.43. The minimum atomic E-state index is 0.382. The average molecular weight is 374 g/mol. The molecule has 0 spiro atoms. The van der Waals surface area contributed by atoms with Crippen LogP contribution >= 0.6 is 45.2 Å². The van der Waals surface area contributed by atoms with Gasteiger partial charge in [-0.3, -0.25) is 0 Å². The molecule has 0 saturated carbocycles. The summed E-state index contributed by atoms with van der Waals surface area (Å²) in [6.07, 6.45) is 1.02. The molecule has 0 aliphatic carbocycles. The molecule has 0 bridgehead atoms. The van der Waals surface area contributed by atoms with Crippen molar-refractivity contribution in [3.63, 3.8) is 0 Å². The molecule has 1 N–H and O–H groups in total. The highest BCUT2D eigenvalue weighted by Gasteiger charge is 2.05. The lowest BCUT2D eigenvalue weighted by atomic mass is 10.2. The van der Waals surface area contributed by atoms with Crippen molar-refractivity contribution in [2.75, 3.05) is 0 Å². The Kier molecular flexibility index (Phi) is 3.42. The van der Waals surface area contributed by atoms with E-state index in [1.165, 1.54) is 9.13 Å². The maximum atomic E-state index is 9.31. The van der Waals surface area contributed by atoms with Crippen LogP contribution in [0.5, 0.6) is 5.75 Å². The van der Waals surface area contributed by atoms with Crippen LogP contribution in [-0.2, 0) is 6.42 Å². The van der Waals surface area contributed by atoms with E-state index in [9.17, 15) is 5.11 Å². The molecule has 3 heteroatoms. The van der Waals surface area contributed by atoms with E-state index < -0.39 is 0 Å². The molecule has 0 aliphatic rings. The molecule has 0 aliphatic heterocycles. The van der Waals surface area contributed by atoms with E-state index >= 15 is 0 Å². The molecule has 1 nitrogen and oxygen atoms in total. The van der Waals surface area contributed by atoms with Crippen molar-refractivity contribution in [3.05, 3.63) is 24.8 Å². The van der Waals surface area contributed by atoms with Crippen LogP contribution < -0.4 is 0 Å². The van der Waals surface area contributed by atoms with Crippen molar-refractivity contribution in [2.24, 2.45) is 0 Å². The summed E-state index contributed by atoms with van der Waals surface area (Å²) in [7, 11) is 0. The first kappa shape index (κ1) is 9.57. The fraction of sp³-hybridized carbons (Fsp3) is 0.250. The number of phenols is 1. The number of phenolic OH excluding ortho intramolecular Hbond substituents is 1. The second-order valence-electron chi connectivity index (χ2n) is 2.23. The first-order chi connectivity index (χ1) is 5.16. The largest absolute Gasteiger partial charge is 0.507 e. The van der Waals surface area contributed by atoms with Crippen LogP contribution in [0, 0.1) is 7.14 Å². The third kappa shape index (κ3) is 1.99. The predicted molar refractivity (Wildman–Crippen MR) is 62.9 cm³/mol. The first-order valence-electron chi connectivity index (χ1n) is 3.32. The second kappa shape index (κ2) is 3.93. The number of benzene rings is 1. The zero-order valence-corrected chi connectivity index (χ0v) is 10.4. The Morgan fingerprint density at radius 1 is 1.27 bits per heavy atom. The van der Waals surface area contributed by atoms with E-state index in [2.05, 4.69) is 52.1 Å². The van der Waals surface area contributed by atoms with Gasteiger partial charge in [-0.15, -0.1) is 0 Å². The van der Waals surface area contributed by atoms with Crippen molar-refractivity contribution in [1.82, 2.24) is 0 Å². The summed E-state index contributed by atoms with van der Waals surface area (Å²) in [4.78, 5) is 0. The van der Waals surface area contributed by atoms with Gasteiger partial charge in [-0.1, -0.05) is 13.0 Å². The monoisotopic (exact) mass is 374 g/mol. The van der Waals surface area contributed by atoms with E-state index in [1.54, 1.807) is 6.07 Å². The number of hydrogen-bond acceptors (Lipinski definition) is 1. The molecule has 11 heavy (non-hydrogen) atoms. The van der Waals surface area contributed by atoms with Crippen molar-refractivity contribution in [3.8, 4) is 5.75 Å². The number of hydrogen-bond donors (Lipinski definition) is 1. The lowest BCUT2D eigenvalue weighted by molar-refractivity contribution is 0.470. The maximum absolute atomic E-state index is 9.31. The van der Waals surface area contributed by atoms with Gasteiger partial charge in [0.15, 0.2) is 0 Å². The summed E-state index contributed by atoms with van der Waals surface area (Å²) in [6, 6.07) is 3.72. The van der Waals surface area contributed by atoms with Crippen molar-refractivity contribution in [1.29, 1.82) is 0 Å². The van der Waals surface area contributed by atoms with Crippen LogP contribution in [0.15, 0.2) is 12.1 Å². The summed E-state index contributed by atoms with van der Waals surface area (Å²) < 4.78 is 2.13. The molecule has 0 atom stereocenters. The van der Waals surface area contributed by atoms with E-state index in [-0.39, 0.29) is 0 Å². The van der Waals surface area contributed by atoms with Crippen LogP contribution in [0.3, 0.4) is 0 Å². The maximum Gasteiger partial charge on any atom is 0.129 e. The molecular weight excluding hydrogens is 366 g/mol. The van der Waals surface area contributed by atoms with Gasteiger partial charge >= 0.3 is 0 Å². The van der Waals surface area contributed by atoms with Gasteiger partial charge in [-0.2, -0.15) is 0 Å². The van der Waals surface area contributed by atoms with E-state index in [0.717, 1.165) is 9.99 Å². The molecular formula is C8H8I2O. The summed E-state index contributed by atoms with van der Waals surface area (Å²) >= 11 is 4.42. The molecule has 0 heterocycles. The Balaban J connectivity index is 3.25. The zero-order valence-electron chi connectivity index (χ0n) is 6.06. The van der Waals surface area contributed by atoms with E-state index in [0.29, 0.717) is 5.75 Å². The van der Waals surface area contributed by atoms with Crippen LogP contribution in [0.4, 0.5) is 0 Å². The molecule has 0 saturated heterocycles. The minimum absolute atomic E-state index is 0.382. The number of aryl methyl sites for hydroxylation is 1. The van der Waals surface area contributed by atoms with Gasteiger partial charge < -0.3 is 5.11 Å². The fourth-order valence-corrected chi connectivity index (χ4v) is 2.22. The summed E-state index contributed by atoms with van der Waals surface area (Å²) in [6.45, 7) is 2.12. The Labute approximate surface area is 93.5 Å². The van der Waals surface area contributed by atoms with Gasteiger partial charge in [0.1, 0.15) is 5.75 Å². The lowest BCUT2D eigenvalue weighted by Crippen LogP contribution is -1.89. The fourth-order valence-electron chi connectivity index (χ4n) is 0.852. The molecule has 1 aromatic rings. The third-order valence-corrected chi connectivity index (χ3v) is 4.88. The molecule has 0 fully saturated rings. The van der Waals surface area contributed by atoms with Crippen LogP contribution in [0.1, 0.15) is 12.5 Å². The molecule has 60 valence electrons. The van der Waals surface area contributed by atoms with Crippen LogP contribution in [0.2, 0.25) is 0 Å². The van der Waals surface area contributed by atoms with Crippen LogP contribution in [-0.4, -0.2) is 5.11 Å². The smallest absolute Gasteiger partial charge is 0.129 e. The quantitative estimate of drug-likeness (QED) is 0.750. The Morgan fingerprint density at radius 3 is 2.45 bits per heavy atom. The highest BCUT2D eigenvalue weighted by Crippen LogP contribution is 2.27. The standard InChI is InChI=1S/C8H8I2O/c1-2-5-3-4-6(11)8(10)7(5)9/h3-4,11H,2H2,1H3. The highest BCUT2D eigenvalue weighted by atomic mass is 127. The van der Waals surface area contributed by atoms with Crippen LogP contribution in [0.25, 0.3) is 0 Å². The molecule has 1 rings (SSSR count). The minimum Gasteiger partial charge on any atom is -0.507 e. The predicted octanol–water partition coefficient (Wildman–Crippen LogP) is 3.16. The van der Waals surface area contributed by atoms with Gasteiger partial charge in [0.25, 0.3) is 0 Å². The van der Waals surface area contributed by atoms with Crippen molar-refractivity contribution < 1.29 is 5.11 Å². The Bertz CT molecular complexity index is 271. The summed E-state index contributed by atoms with van der Waals surface area (Å²) in [5.41, 5.74) is 1.30. The number of halogens is 2. The number of rotatable bonds is 1. The van der Waals surface area contributed by atoms with Crippen molar-refractivity contribution >= 4 is 45.2 Å². The topological polar surface area (TPSA) is 20.2 Å². The van der Waals surface area contributed by atoms with Gasteiger partial charge in [-0.05, 0) is 63.2 Å². The average Bonchev–Trinajstić information content (AvgIpc) is 2.01. The highest BCUT2D eigenvalue weighted by molar-refractivity contribution is 14.1. The SMILES string of the molecule is CCc1ccc(O)c(I)c1I. The Morgan fingerprint density at radius 2 is 1.91 bits per heavy atom. The van der Waals surface area contributed by atoms with Gasteiger partial charge in [0.2, 0.25) is 0 Å².